The highest BCUT2D eigenvalue weighted by Gasteiger charge is 2.14. The Labute approximate surface area is 65.0 Å². The highest BCUT2D eigenvalue weighted by molar-refractivity contribution is 5.91. The second kappa shape index (κ2) is 3.14. The molecule has 0 fully saturated rings. The molecule has 1 rings (SSSR count). The van der Waals surface area contributed by atoms with Gasteiger partial charge in [-0.25, -0.2) is 0 Å². The fraction of sp³-hybridized carbons (Fsp3) is 0.250. The summed E-state index contributed by atoms with van der Waals surface area (Å²) in [6.07, 6.45) is 5.26. The number of aldehydes is 1. The van der Waals surface area contributed by atoms with Crippen LogP contribution in [0, 0.1) is 0 Å². The molecule has 0 aromatic carbocycles. The van der Waals surface area contributed by atoms with Crippen molar-refractivity contribution in [1.29, 1.82) is 0 Å². The van der Waals surface area contributed by atoms with Crippen LogP contribution < -0.4 is 0 Å². The molecule has 3 nitrogen and oxygen atoms in total. The highest BCUT2D eigenvalue weighted by Crippen LogP contribution is 2.08. The molecule has 3 heteroatoms. The molecule has 0 unspecified atom stereocenters. The molecule has 0 spiro atoms. The minimum atomic E-state index is -0.00412. The molecule has 1 aliphatic rings. The summed E-state index contributed by atoms with van der Waals surface area (Å²) in [4.78, 5) is 22.4. The Hall–Kier alpha value is -1.38. The molecule has 0 saturated carbocycles. The third-order valence-corrected chi connectivity index (χ3v) is 1.49. The maximum Gasteiger partial charge on any atom is 0.246 e. The molecule has 0 radical (unpaired) electrons. The lowest BCUT2D eigenvalue weighted by Gasteiger charge is -2.05. The van der Waals surface area contributed by atoms with E-state index in [0.717, 1.165) is 5.57 Å². The van der Waals surface area contributed by atoms with Gasteiger partial charge in [-0.2, -0.15) is 0 Å². The fourth-order valence-electron chi connectivity index (χ4n) is 0.930. The predicted octanol–water partition coefficient (Wildman–Crippen LogP) is 0.140. The molecule has 58 valence electrons. The van der Waals surface area contributed by atoms with Crippen molar-refractivity contribution >= 4 is 12.2 Å². The number of allylic oxidation sites excluding steroid dienone is 1. The van der Waals surface area contributed by atoms with Gasteiger partial charge in [0.1, 0.15) is 6.29 Å². The van der Waals surface area contributed by atoms with Gasteiger partial charge in [-0.1, -0.05) is 6.08 Å². The standard InChI is InChI=1S/C8H9NO2/c1-9-6-7(3-2-4-10)5-8(9)11/h2-5H,6H2,1H3. The Kier molecular flexibility index (Phi) is 2.21. The number of carbonyl (C=O) groups is 2. The van der Waals surface area contributed by atoms with Crippen molar-refractivity contribution in [1.82, 2.24) is 4.90 Å². The van der Waals surface area contributed by atoms with Crippen molar-refractivity contribution in [3.63, 3.8) is 0 Å². The van der Waals surface area contributed by atoms with Crippen LogP contribution in [0.15, 0.2) is 23.8 Å². The summed E-state index contributed by atoms with van der Waals surface area (Å²) in [6.45, 7) is 0.600. The molecule has 0 atom stereocenters. The third-order valence-electron chi connectivity index (χ3n) is 1.49. The maximum absolute atomic E-state index is 10.9. The lowest BCUT2D eigenvalue weighted by Crippen LogP contribution is -2.19. The number of carbonyl (C=O) groups excluding carboxylic acids is 2. The summed E-state index contributed by atoms with van der Waals surface area (Å²) in [6, 6.07) is 0. The summed E-state index contributed by atoms with van der Waals surface area (Å²) in [5, 5.41) is 0. The molecule has 0 N–H and O–H groups in total. The minimum Gasteiger partial charge on any atom is -0.338 e. The fourth-order valence-corrected chi connectivity index (χ4v) is 0.930. The van der Waals surface area contributed by atoms with Crippen LogP contribution in [0.1, 0.15) is 0 Å². The number of likely N-dealkylation sites (N-methyl/N-ethyl adjacent to an activating group) is 1. The number of amides is 1. The first-order valence-corrected chi connectivity index (χ1v) is 3.31. The summed E-state index contributed by atoms with van der Waals surface area (Å²) in [5.41, 5.74) is 0.879. The van der Waals surface area contributed by atoms with Crippen LogP contribution in [-0.2, 0) is 9.59 Å². The van der Waals surface area contributed by atoms with Gasteiger partial charge in [0.2, 0.25) is 5.91 Å². The van der Waals surface area contributed by atoms with Crippen molar-refractivity contribution in [3.05, 3.63) is 23.8 Å². The lowest BCUT2D eigenvalue weighted by molar-refractivity contribution is -0.123. The van der Waals surface area contributed by atoms with Crippen LogP contribution in [0.5, 0.6) is 0 Å². The van der Waals surface area contributed by atoms with Gasteiger partial charge in [-0.3, -0.25) is 9.59 Å². The average Bonchev–Trinajstić information content (AvgIpc) is 2.28. The molecule has 1 aliphatic heterocycles. The molecule has 1 amide bonds. The van der Waals surface area contributed by atoms with Crippen LogP contribution in [0.2, 0.25) is 0 Å². The SMILES string of the molecule is CN1CC(C=CC=O)=CC1=O. The van der Waals surface area contributed by atoms with Gasteiger partial charge in [0.05, 0.1) is 0 Å². The molecular weight excluding hydrogens is 142 g/mol. The third kappa shape index (κ3) is 1.77. The van der Waals surface area contributed by atoms with Crippen LogP contribution in [0.4, 0.5) is 0 Å². The zero-order chi connectivity index (χ0) is 8.27. The molecule has 0 aromatic heterocycles. The highest BCUT2D eigenvalue weighted by atomic mass is 16.2. The summed E-state index contributed by atoms with van der Waals surface area (Å²) in [7, 11) is 1.72. The first kappa shape index (κ1) is 7.72. The Balaban J connectivity index is 2.63. The average molecular weight is 151 g/mol. The second-order valence-electron chi connectivity index (χ2n) is 2.41. The number of rotatable bonds is 2. The maximum atomic E-state index is 10.9. The number of hydrogen-bond acceptors (Lipinski definition) is 2. The Morgan fingerprint density at radius 1 is 1.64 bits per heavy atom. The Bertz CT molecular complexity index is 240. The zero-order valence-corrected chi connectivity index (χ0v) is 6.28. The molecule has 0 saturated heterocycles. The first-order valence-electron chi connectivity index (χ1n) is 3.31. The normalized spacial score (nSPS) is 17.7. The monoisotopic (exact) mass is 151 g/mol. The minimum absolute atomic E-state index is 0.00412. The van der Waals surface area contributed by atoms with Crippen molar-refractivity contribution in [2.45, 2.75) is 0 Å². The quantitative estimate of drug-likeness (QED) is 0.416. The van der Waals surface area contributed by atoms with E-state index in [2.05, 4.69) is 0 Å². The molecule has 0 bridgehead atoms. The van der Waals surface area contributed by atoms with Crippen molar-refractivity contribution in [2.24, 2.45) is 0 Å². The molecule has 11 heavy (non-hydrogen) atoms. The van der Waals surface area contributed by atoms with Crippen molar-refractivity contribution in [2.75, 3.05) is 13.6 Å². The van der Waals surface area contributed by atoms with E-state index in [9.17, 15) is 9.59 Å². The van der Waals surface area contributed by atoms with E-state index in [1.807, 2.05) is 0 Å². The van der Waals surface area contributed by atoms with Gasteiger partial charge in [0.15, 0.2) is 0 Å². The molecule has 1 heterocycles. The van der Waals surface area contributed by atoms with Gasteiger partial charge >= 0.3 is 0 Å². The van der Waals surface area contributed by atoms with Gasteiger partial charge < -0.3 is 4.90 Å². The van der Waals surface area contributed by atoms with E-state index in [0.29, 0.717) is 12.8 Å². The van der Waals surface area contributed by atoms with Crippen LogP contribution in [0.3, 0.4) is 0 Å². The first-order chi connectivity index (χ1) is 5.24. The Morgan fingerprint density at radius 2 is 2.36 bits per heavy atom. The largest absolute Gasteiger partial charge is 0.338 e. The molecular formula is C8H9NO2. The summed E-state index contributed by atoms with van der Waals surface area (Å²) in [5.74, 6) is -0.00412. The number of hydrogen-bond donors (Lipinski definition) is 0. The van der Waals surface area contributed by atoms with Crippen LogP contribution in [-0.4, -0.2) is 30.7 Å². The lowest BCUT2D eigenvalue weighted by atomic mass is 10.2. The van der Waals surface area contributed by atoms with Crippen LogP contribution in [0.25, 0.3) is 0 Å². The van der Waals surface area contributed by atoms with E-state index >= 15 is 0 Å². The van der Waals surface area contributed by atoms with Gasteiger partial charge in [-0.05, 0) is 11.6 Å². The van der Waals surface area contributed by atoms with E-state index in [-0.39, 0.29) is 5.91 Å². The topological polar surface area (TPSA) is 37.4 Å². The zero-order valence-electron chi connectivity index (χ0n) is 6.28. The van der Waals surface area contributed by atoms with Gasteiger partial charge in [0.25, 0.3) is 0 Å². The summed E-state index contributed by atoms with van der Waals surface area (Å²) < 4.78 is 0. The summed E-state index contributed by atoms with van der Waals surface area (Å²) >= 11 is 0. The van der Waals surface area contributed by atoms with Gasteiger partial charge in [-0.15, -0.1) is 0 Å². The van der Waals surface area contributed by atoms with E-state index < -0.39 is 0 Å². The Morgan fingerprint density at radius 3 is 2.82 bits per heavy atom. The molecule has 0 aromatic rings. The predicted molar refractivity (Wildman–Crippen MR) is 40.9 cm³/mol. The van der Waals surface area contributed by atoms with Crippen LogP contribution >= 0.6 is 0 Å². The number of nitrogens with zero attached hydrogens (tertiary/aromatic N) is 1. The van der Waals surface area contributed by atoms with E-state index in [1.54, 1.807) is 18.0 Å². The van der Waals surface area contributed by atoms with Crippen molar-refractivity contribution < 1.29 is 9.59 Å². The van der Waals surface area contributed by atoms with Gasteiger partial charge in [0, 0.05) is 19.7 Å². The smallest absolute Gasteiger partial charge is 0.246 e. The second-order valence-corrected chi connectivity index (χ2v) is 2.41. The van der Waals surface area contributed by atoms with E-state index in [4.69, 9.17) is 0 Å². The van der Waals surface area contributed by atoms with E-state index in [1.165, 1.54) is 12.2 Å². The molecule has 0 aliphatic carbocycles. The van der Waals surface area contributed by atoms with Crippen molar-refractivity contribution in [3.8, 4) is 0 Å².